The lowest BCUT2D eigenvalue weighted by molar-refractivity contribution is -0.385. The molecule has 0 saturated carbocycles. The number of para-hydroxylation sites is 1. The van der Waals surface area contributed by atoms with Crippen molar-refractivity contribution in [3.8, 4) is 10.6 Å². The van der Waals surface area contributed by atoms with Crippen molar-refractivity contribution in [2.75, 3.05) is 0 Å². The van der Waals surface area contributed by atoms with Gasteiger partial charge >= 0.3 is 5.97 Å². The zero-order chi connectivity index (χ0) is 24.0. The standard InChI is InChI=1S/C24H25N3O5S/c1-15(2)32-23(29)13-20(19-9-4-5-10-21(19)27(30)31)26-22(28)12-18-14-33-24(25-18)17-8-6-7-16(3)11-17/h4-11,14-15,20H,12-13H2,1-3H3,(H,26,28). The molecule has 0 spiro atoms. The van der Waals surface area contributed by atoms with Gasteiger partial charge in [-0.1, -0.05) is 42.0 Å². The van der Waals surface area contributed by atoms with Crippen molar-refractivity contribution < 1.29 is 19.2 Å². The number of aromatic nitrogens is 1. The largest absolute Gasteiger partial charge is 0.463 e. The van der Waals surface area contributed by atoms with Crippen molar-refractivity contribution in [2.45, 2.75) is 45.8 Å². The van der Waals surface area contributed by atoms with Crippen molar-refractivity contribution in [3.05, 3.63) is 80.8 Å². The molecule has 172 valence electrons. The first-order chi connectivity index (χ1) is 15.7. The van der Waals surface area contributed by atoms with E-state index in [9.17, 15) is 19.7 Å². The normalized spacial score (nSPS) is 11.8. The number of thiazole rings is 1. The maximum atomic E-state index is 12.8. The van der Waals surface area contributed by atoms with E-state index in [-0.39, 0.29) is 30.2 Å². The number of benzene rings is 2. The number of amides is 1. The van der Waals surface area contributed by atoms with Crippen molar-refractivity contribution in [1.29, 1.82) is 0 Å². The summed E-state index contributed by atoms with van der Waals surface area (Å²) in [6.45, 7) is 5.42. The van der Waals surface area contributed by atoms with Crippen LogP contribution in [0.4, 0.5) is 5.69 Å². The van der Waals surface area contributed by atoms with Crippen LogP contribution in [0.15, 0.2) is 53.9 Å². The van der Waals surface area contributed by atoms with E-state index in [0.717, 1.165) is 16.1 Å². The van der Waals surface area contributed by atoms with Crippen LogP contribution < -0.4 is 5.32 Å². The Bertz CT molecular complexity index is 1160. The number of carbonyl (C=O) groups is 2. The topological polar surface area (TPSA) is 111 Å². The second kappa shape index (κ2) is 10.8. The van der Waals surface area contributed by atoms with Gasteiger partial charge in [0.25, 0.3) is 5.69 Å². The number of nitro groups is 1. The third-order valence-electron chi connectivity index (χ3n) is 4.74. The fourth-order valence-corrected chi connectivity index (χ4v) is 4.19. The number of esters is 1. The maximum Gasteiger partial charge on any atom is 0.308 e. The summed E-state index contributed by atoms with van der Waals surface area (Å²) in [5, 5.41) is 16.9. The van der Waals surface area contributed by atoms with E-state index < -0.39 is 22.8 Å². The molecule has 1 amide bonds. The van der Waals surface area contributed by atoms with Gasteiger partial charge in [0.1, 0.15) is 5.01 Å². The molecule has 0 bridgehead atoms. The van der Waals surface area contributed by atoms with Gasteiger partial charge < -0.3 is 10.1 Å². The van der Waals surface area contributed by atoms with E-state index in [1.807, 2.05) is 36.6 Å². The molecule has 2 aromatic carbocycles. The van der Waals surface area contributed by atoms with E-state index >= 15 is 0 Å². The highest BCUT2D eigenvalue weighted by Gasteiger charge is 2.27. The molecular weight excluding hydrogens is 442 g/mol. The van der Waals surface area contributed by atoms with Crippen LogP contribution in [0.5, 0.6) is 0 Å². The maximum absolute atomic E-state index is 12.8. The molecule has 0 fully saturated rings. The molecule has 3 rings (SSSR count). The summed E-state index contributed by atoms with van der Waals surface area (Å²) in [4.78, 5) is 40.6. The summed E-state index contributed by atoms with van der Waals surface area (Å²) in [6, 6.07) is 13.1. The van der Waals surface area contributed by atoms with Crippen molar-refractivity contribution in [2.24, 2.45) is 0 Å². The Balaban J connectivity index is 1.78. The SMILES string of the molecule is Cc1cccc(-c2nc(CC(=O)NC(CC(=O)OC(C)C)c3ccccc3[N+](=O)[O-])cs2)c1. The van der Waals surface area contributed by atoms with Crippen LogP contribution in [0, 0.1) is 17.0 Å². The molecule has 9 heteroatoms. The van der Waals surface area contributed by atoms with Gasteiger partial charge in [-0.15, -0.1) is 11.3 Å². The van der Waals surface area contributed by atoms with Crippen molar-refractivity contribution in [3.63, 3.8) is 0 Å². The first-order valence-corrected chi connectivity index (χ1v) is 11.3. The fraction of sp³-hybridized carbons (Fsp3) is 0.292. The third-order valence-corrected chi connectivity index (χ3v) is 5.68. The number of nitrogens with one attached hydrogen (secondary N) is 1. The smallest absolute Gasteiger partial charge is 0.308 e. The Morgan fingerprint density at radius 1 is 1.18 bits per heavy atom. The molecule has 0 aliphatic rings. The van der Waals surface area contributed by atoms with Gasteiger partial charge in [0.15, 0.2) is 0 Å². The average molecular weight is 468 g/mol. The molecule has 1 heterocycles. The Labute approximate surface area is 195 Å². The third kappa shape index (κ3) is 6.69. The van der Waals surface area contributed by atoms with Gasteiger partial charge in [0, 0.05) is 17.0 Å². The van der Waals surface area contributed by atoms with Gasteiger partial charge in [0.05, 0.1) is 41.2 Å². The minimum atomic E-state index is -0.903. The molecule has 1 aromatic heterocycles. The summed E-state index contributed by atoms with van der Waals surface area (Å²) in [7, 11) is 0. The molecule has 0 radical (unpaired) electrons. The second-order valence-corrected chi connectivity index (χ2v) is 8.73. The summed E-state index contributed by atoms with van der Waals surface area (Å²) < 4.78 is 5.19. The zero-order valence-corrected chi connectivity index (χ0v) is 19.4. The monoisotopic (exact) mass is 467 g/mol. The fourth-order valence-electron chi connectivity index (χ4n) is 3.37. The molecule has 0 aliphatic carbocycles. The molecule has 3 aromatic rings. The van der Waals surface area contributed by atoms with Crippen LogP contribution in [-0.4, -0.2) is 27.9 Å². The molecule has 8 nitrogen and oxygen atoms in total. The number of rotatable bonds is 9. The van der Waals surface area contributed by atoms with Gasteiger partial charge in [-0.25, -0.2) is 4.98 Å². The average Bonchev–Trinajstić information content (AvgIpc) is 3.21. The quantitative estimate of drug-likeness (QED) is 0.276. The first kappa shape index (κ1) is 24.1. The summed E-state index contributed by atoms with van der Waals surface area (Å²) in [5.41, 5.74) is 2.74. The lowest BCUT2D eigenvalue weighted by Gasteiger charge is -2.19. The number of nitrogens with zero attached hydrogens (tertiary/aromatic N) is 2. The Kier molecular flexibility index (Phi) is 7.89. The molecule has 1 atom stereocenters. The Hall–Kier alpha value is -3.59. The molecule has 0 saturated heterocycles. The minimum absolute atomic E-state index is 0.0152. The van der Waals surface area contributed by atoms with E-state index in [0.29, 0.717) is 5.69 Å². The molecule has 0 aliphatic heterocycles. The van der Waals surface area contributed by atoms with Crippen LogP contribution in [0.3, 0.4) is 0 Å². The molecule has 1 unspecified atom stereocenters. The number of hydrogen-bond donors (Lipinski definition) is 1. The van der Waals surface area contributed by atoms with Crippen LogP contribution >= 0.6 is 11.3 Å². The summed E-state index contributed by atoms with van der Waals surface area (Å²) >= 11 is 1.44. The van der Waals surface area contributed by atoms with E-state index in [1.54, 1.807) is 19.9 Å². The lowest BCUT2D eigenvalue weighted by Crippen LogP contribution is -2.32. The van der Waals surface area contributed by atoms with Crippen LogP contribution in [0.1, 0.15) is 43.1 Å². The number of aryl methyl sites for hydroxylation is 1. The van der Waals surface area contributed by atoms with Gasteiger partial charge in [-0.2, -0.15) is 0 Å². The predicted molar refractivity (Wildman–Crippen MR) is 126 cm³/mol. The van der Waals surface area contributed by atoms with Gasteiger partial charge in [-0.05, 0) is 26.8 Å². The second-order valence-electron chi connectivity index (χ2n) is 7.87. The van der Waals surface area contributed by atoms with E-state index in [1.165, 1.54) is 29.5 Å². The first-order valence-electron chi connectivity index (χ1n) is 10.5. The van der Waals surface area contributed by atoms with Gasteiger partial charge in [0.2, 0.25) is 5.91 Å². The van der Waals surface area contributed by atoms with Crippen LogP contribution in [0.25, 0.3) is 10.6 Å². The summed E-state index contributed by atoms with van der Waals surface area (Å²) in [6.07, 6.45) is -0.575. The molecule has 33 heavy (non-hydrogen) atoms. The minimum Gasteiger partial charge on any atom is -0.463 e. The number of hydrogen-bond acceptors (Lipinski definition) is 7. The van der Waals surface area contributed by atoms with E-state index in [4.69, 9.17) is 4.74 Å². The summed E-state index contributed by atoms with van der Waals surface area (Å²) in [5.74, 6) is -0.944. The highest BCUT2D eigenvalue weighted by Crippen LogP contribution is 2.28. The van der Waals surface area contributed by atoms with Gasteiger partial charge in [-0.3, -0.25) is 19.7 Å². The Morgan fingerprint density at radius 2 is 1.94 bits per heavy atom. The lowest BCUT2D eigenvalue weighted by atomic mass is 10.0. The van der Waals surface area contributed by atoms with Crippen LogP contribution in [-0.2, 0) is 20.7 Å². The highest BCUT2D eigenvalue weighted by molar-refractivity contribution is 7.13. The molecular formula is C24H25N3O5S. The zero-order valence-electron chi connectivity index (χ0n) is 18.6. The highest BCUT2D eigenvalue weighted by atomic mass is 32.1. The predicted octanol–water partition coefficient (Wildman–Crippen LogP) is 4.77. The molecule has 1 N–H and O–H groups in total. The van der Waals surface area contributed by atoms with Crippen molar-refractivity contribution >= 4 is 28.9 Å². The Morgan fingerprint density at radius 3 is 2.64 bits per heavy atom. The number of carbonyl (C=O) groups excluding carboxylic acids is 2. The van der Waals surface area contributed by atoms with Crippen LogP contribution in [0.2, 0.25) is 0 Å². The number of ether oxygens (including phenoxy) is 1. The van der Waals surface area contributed by atoms with Crippen molar-refractivity contribution in [1.82, 2.24) is 10.3 Å². The number of nitro benzene ring substituents is 1. The van der Waals surface area contributed by atoms with E-state index in [2.05, 4.69) is 10.3 Å².